The normalized spacial score (nSPS) is 28.5. The highest BCUT2D eigenvalue weighted by atomic mass is 35.5. The van der Waals surface area contributed by atoms with Crippen LogP contribution < -0.4 is 4.74 Å². The van der Waals surface area contributed by atoms with Crippen LogP contribution >= 0.6 is 11.6 Å². The summed E-state index contributed by atoms with van der Waals surface area (Å²) in [6, 6.07) is 10.6. The van der Waals surface area contributed by atoms with Gasteiger partial charge in [-0.3, -0.25) is 0 Å². The van der Waals surface area contributed by atoms with Crippen LogP contribution in [-0.4, -0.2) is 25.6 Å². The van der Waals surface area contributed by atoms with Gasteiger partial charge in [-0.05, 0) is 43.2 Å². The first-order chi connectivity index (χ1) is 11.8. The Balaban J connectivity index is 1.37. The highest BCUT2D eigenvalue weighted by molar-refractivity contribution is 6.33. The standard InChI is InChI=1S/C18H17ClN4O/c19-17-16-18(21-9-20-17)23(10-22-16)14-7-12-6-11(14)8-15(12)24-13-4-2-1-3-5-13/h1-5,9-12,14-15H,6-8H2/t11-,12-,14+,15+/m1/s1. The van der Waals surface area contributed by atoms with Crippen molar-refractivity contribution in [1.29, 1.82) is 0 Å². The molecule has 0 unspecified atom stereocenters. The maximum Gasteiger partial charge on any atom is 0.165 e. The molecule has 0 saturated heterocycles. The number of para-hydroxylation sites is 1. The molecular weight excluding hydrogens is 324 g/mol. The van der Waals surface area contributed by atoms with Gasteiger partial charge in [0.15, 0.2) is 10.8 Å². The van der Waals surface area contributed by atoms with Gasteiger partial charge in [0.2, 0.25) is 0 Å². The van der Waals surface area contributed by atoms with Crippen molar-refractivity contribution < 1.29 is 4.74 Å². The summed E-state index contributed by atoms with van der Waals surface area (Å²) in [6.07, 6.45) is 7.10. The first kappa shape index (κ1) is 14.2. The number of hydrogen-bond donors (Lipinski definition) is 0. The third kappa shape index (κ3) is 2.18. The number of imidazole rings is 1. The van der Waals surface area contributed by atoms with Crippen LogP contribution in [0.4, 0.5) is 0 Å². The fraction of sp³-hybridized carbons (Fsp3) is 0.389. The summed E-state index contributed by atoms with van der Waals surface area (Å²) in [5.41, 5.74) is 1.53. The van der Waals surface area contributed by atoms with Crippen LogP contribution in [0.15, 0.2) is 43.0 Å². The molecule has 4 atom stereocenters. The van der Waals surface area contributed by atoms with Crippen LogP contribution in [0.25, 0.3) is 11.2 Å². The summed E-state index contributed by atoms with van der Waals surface area (Å²) >= 11 is 6.12. The lowest BCUT2D eigenvalue weighted by Gasteiger charge is -2.29. The van der Waals surface area contributed by atoms with Crippen molar-refractivity contribution >= 4 is 22.8 Å². The molecule has 2 saturated carbocycles. The minimum absolute atomic E-state index is 0.321. The average Bonchev–Trinajstić information content (AvgIpc) is 3.29. The van der Waals surface area contributed by atoms with E-state index in [1.165, 1.54) is 12.7 Å². The van der Waals surface area contributed by atoms with Crippen LogP contribution in [0.2, 0.25) is 5.15 Å². The minimum atomic E-state index is 0.321. The Hall–Kier alpha value is -2.14. The first-order valence-electron chi connectivity index (χ1n) is 8.34. The van der Waals surface area contributed by atoms with E-state index in [1.54, 1.807) is 0 Å². The lowest BCUT2D eigenvalue weighted by Crippen LogP contribution is -2.28. The van der Waals surface area contributed by atoms with E-state index in [4.69, 9.17) is 16.3 Å². The molecule has 1 aromatic carbocycles. The largest absolute Gasteiger partial charge is 0.490 e. The van der Waals surface area contributed by atoms with E-state index < -0.39 is 0 Å². The summed E-state index contributed by atoms with van der Waals surface area (Å²) in [5, 5.41) is 0.423. The Morgan fingerprint density at radius 1 is 1.00 bits per heavy atom. The van der Waals surface area contributed by atoms with E-state index in [2.05, 4.69) is 19.5 Å². The molecule has 3 aromatic rings. The van der Waals surface area contributed by atoms with E-state index in [0.29, 0.717) is 34.7 Å². The fourth-order valence-electron chi connectivity index (χ4n) is 4.42. The average molecular weight is 341 g/mol. The highest BCUT2D eigenvalue weighted by Gasteiger charge is 2.48. The van der Waals surface area contributed by atoms with Gasteiger partial charge < -0.3 is 9.30 Å². The SMILES string of the molecule is Clc1ncnc2c1ncn2[C@H]1C[C@H]2C[C@@H]1C[C@@H]2Oc1ccccc1. The monoisotopic (exact) mass is 340 g/mol. The first-order valence-corrected chi connectivity index (χ1v) is 8.72. The summed E-state index contributed by atoms with van der Waals surface area (Å²) < 4.78 is 8.40. The van der Waals surface area contributed by atoms with Crippen LogP contribution in [0, 0.1) is 11.8 Å². The van der Waals surface area contributed by atoms with Crippen LogP contribution in [-0.2, 0) is 0 Å². The van der Waals surface area contributed by atoms with Gasteiger partial charge in [0, 0.05) is 6.04 Å². The number of hydrogen-bond acceptors (Lipinski definition) is 4. The zero-order valence-electron chi connectivity index (χ0n) is 13.0. The van der Waals surface area contributed by atoms with Gasteiger partial charge in [0.05, 0.1) is 6.33 Å². The molecule has 24 heavy (non-hydrogen) atoms. The zero-order valence-corrected chi connectivity index (χ0v) is 13.8. The van der Waals surface area contributed by atoms with E-state index >= 15 is 0 Å². The Kier molecular flexibility index (Phi) is 3.23. The maximum atomic E-state index is 6.21. The number of ether oxygens (including phenoxy) is 1. The van der Waals surface area contributed by atoms with Gasteiger partial charge in [0.25, 0.3) is 0 Å². The molecule has 0 amide bonds. The molecule has 2 aromatic heterocycles. The van der Waals surface area contributed by atoms with Gasteiger partial charge >= 0.3 is 0 Å². The fourth-order valence-corrected chi connectivity index (χ4v) is 4.59. The van der Waals surface area contributed by atoms with Crippen molar-refractivity contribution in [2.45, 2.75) is 31.4 Å². The number of benzene rings is 1. The molecule has 0 N–H and O–H groups in total. The highest BCUT2D eigenvalue weighted by Crippen LogP contribution is 2.52. The van der Waals surface area contributed by atoms with Crippen LogP contribution in [0.5, 0.6) is 5.75 Å². The number of aromatic nitrogens is 4. The number of nitrogens with zero attached hydrogens (tertiary/aromatic N) is 4. The third-order valence-corrected chi connectivity index (χ3v) is 5.73. The van der Waals surface area contributed by atoms with E-state index in [0.717, 1.165) is 24.2 Å². The quantitative estimate of drug-likeness (QED) is 0.678. The second kappa shape index (κ2) is 5.45. The molecule has 2 bridgehead atoms. The van der Waals surface area contributed by atoms with E-state index in [9.17, 15) is 0 Å². The summed E-state index contributed by atoms with van der Waals surface area (Å²) in [5.74, 6) is 2.17. The minimum Gasteiger partial charge on any atom is -0.490 e. The van der Waals surface area contributed by atoms with Crippen molar-refractivity contribution in [2.75, 3.05) is 0 Å². The number of rotatable bonds is 3. The smallest absolute Gasteiger partial charge is 0.165 e. The van der Waals surface area contributed by atoms with Gasteiger partial charge in [0.1, 0.15) is 23.7 Å². The molecule has 6 heteroatoms. The van der Waals surface area contributed by atoms with Crippen molar-refractivity contribution in [2.24, 2.45) is 11.8 Å². The van der Waals surface area contributed by atoms with Crippen LogP contribution in [0.1, 0.15) is 25.3 Å². The summed E-state index contributed by atoms with van der Waals surface area (Å²) in [7, 11) is 0. The van der Waals surface area contributed by atoms with Crippen LogP contribution in [0.3, 0.4) is 0 Å². The zero-order chi connectivity index (χ0) is 16.1. The molecule has 122 valence electrons. The predicted octanol–water partition coefficient (Wildman–Crippen LogP) is 3.90. The maximum absolute atomic E-state index is 6.21. The molecule has 5 nitrogen and oxygen atoms in total. The molecule has 0 radical (unpaired) electrons. The molecule has 2 fully saturated rings. The number of halogens is 1. The Bertz CT molecular complexity index is 881. The van der Waals surface area contributed by atoms with Gasteiger partial charge in [-0.15, -0.1) is 0 Å². The predicted molar refractivity (Wildman–Crippen MR) is 91.1 cm³/mol. The van der Waals surface area contributed by atoms with Gasteiger partial charge in [-0.2, -0.15) is 0 Å². The second-order valence-electron chi connectivity index (χ2n) is 6.75. The molecule has 0 spiro atoms. The Labute approximate surface area is 144 Å². The summed E-state index contributed by atoms with van der Waals surface area (Å²) in [4.78, 5) is 12.8. The topological polar surface area (TPSA) is 52.8 Å². The van der Waals surface area contributed by atoms with E-state index in [1.807, 2.05) is 36.7 Å². The van der Waals surface area contributed by atoms with Crippen molar-refractivity contribution in [3.63, 3.8) is 0 Å². The van der Waals surface area contributed by atoms with Gasteiger partial charge in [-0.1, -0.05) is 29.8 Å². The Morgan fingerprint density at radius 2 is 1.88 bits per heavy atom. The third-order valence-electron chi connectivity index (χ3n) is 5.46. The summed E-state index contributed by atoms with van der Waals surface area (Å²) in [6.45, 7) is 0. The molecule has 2 aliphatic carbocycles. The lowest BCUT2D eigenvalue weighted by molar-refractivity contribution is 0.120. The second-order valence-corrected chi connectivity index (χ2v) is 7.11. The molecule has 2 heterocycles. The molecule has 0 aliphatic heterocycles. The molecule has 5 rings (SSSR count). The number of fused-ring (bicyclic) bond motifs is 3. The molecule has 2 aliphatic rings. The lowest BCUT2D eigenvalue weighted by atomic mass is 9.92. The molecular formula is C18H17ClN4O. The Morgan fingerprint density at radius 3 is 2.67 bits per heavy atom. The van der Waals surface area contributed by atoms with Gasteiger partial charge in [-0.25, -0.2) is 15.0 Å². The van der Waals surface area contributed by atoms with Crippen molar-refractivity contribution in [3.05, 3.63) is 48.1 Å². The van der Waals surface area contributed by atoms with E-state index in [-0.39, 0.29) is 0 Å². The van der Waals surface area contributed by atoms with Crippen molar-refractivity contribution in [1.82, 2.24) is 19.5 Å². The van der Waals surface area contributed by atoms with Crippen molar-refractivity contribution in [3.8, 4) is 5.75 Å².